The van der Waals surface area contributed by atoms with Gasteiger partial charge in [0, 0.05) is 19.6 Å². The summed E-state index contributed by atoms with van der Waals surface area (Å²) in [5.41, 5.74) is 0. The summed E-state index contributed by atoms with van der Waals surface area (Å²) in [5.74, 6) is 1.45. The van der Waals surface area contributed by atoms with E-state index in [1.807, 2.05) is 7.05 Å². The molecule has 1 atom stereocenters. The summed E-state index contributed by atoms with van der Waals surface area (Å²) in [5, 5.41) is 3.14. The van der Waals surface area contributed by atoms with Crippen molar-refractivity contribution < 1.29 is 9.47 Å². The lowest BCUT2D eigenvalue weighted by molar-refractivity contribution is 0.0418. The van der Waals surface area contributed by atoms with E-state index in [4.69, 9.17) is 9.47 Å². The fourth-order valence-corrected chi connectivity index (χ4v) is 2.05. The molecule has 0 aliphatic carbocycles. The summed E-state index contributed by atoms with van der Waals surface area (Å²) in [6.45, 7) is 5.97. The van der Waals surface area contributed by atoms with Gasteiger partial charge in [-0.15, -0.1) is 0 Å². The molecule has 106 valence electrons. The van der Waals surface area contributed by atoms with Crippen molar-refractivity contribution in [2.24, 2.45) is 0 Å². The molecule has 0 spiro atoms. The van der Waals surface area contributed by atoms with Crippen LogP contribution in [0.1, 0.15) is 13.3 Å². The van der Waals surface area contributed by atoms with E-state index in [-0.39, 0.29) is 6.10 Å². The van der Waals surface area contributed by atoms with Gasteiger partial charge in [-0.05, 0) is 13.5 Å². The minimum absolute atomic E-state index is 0.195. The predicted molar refractivity (Wildman–Crippen MR) is 73.7 cm³/mol. The maximum absolute atomic E-state index is 5.68. The lowest BCUT2D eigenvalue weighted by atomic mass is 10.2. The molecule has 0 amide bonds. The Balaban J connectivity index is 1.99. The quantitative estimate of drug-likeness (QED) is 0.817. The molecule has 1 aromatic heterocycles. The molecule has 1 fully saturated rings. The summed E-state index contributed by atoms with van der Waals surface area (Å²) in [4.78, 5) is 10.9. The fourth-order valence-electron chi connectivity index (χ4n) is 2.05. The van der Waals surface area contributed by atoms with Gasteiger partial charge >= 0.3 is 0 Å². The van der Waals surface area contributed by atoms with Crippen LogP contribution >= 0.6 is 0 Å². The molecule has 2 heterocycles. The molecule has 0 saturated carbocycles. The van der Waals surface area contributed by atoms with E-state index in [0.29, 0.717) is 19.1 Å². The van der Waals surface area contributed by atoms with Crippen LogP contribution in [0.2, 0.25) is 0 Å². The van der Waals surface area contributed by atoms with E-state index in [0.717, 1.165) is 31.9 Å². The topological polar surface area (TPSA) is 59.5 Å². The highest BCUT2D eigenvalue weighted by Gasteiger charge is 2.21. The molecule has 1 aliphatic heterocycles. The zero-order valence-electron chi connectivity index (χ0n) is 11.6. The number of rotatable bonds is 6. The van der Waals surface area contributed by atoms with Crippen molar-refractivity contribution >= 4 is 5.82 Å². The van der Waals surface area contributed by atoms with Crippen LogP contribution in [-0.2, 0) is 4.74 Å². The van der Waals surface area contributed by atoms with Gasteiger partial charge in [-0.2, -0.15) is 4.98 Å². The van der Waals surface area contributed by atoms with Gasteiger partial charge in [-0.1, -0.05) is 6.92 Å². The van der Waals surface area contributed by atoms with Crippen molar-refractivity contribution in [3.05, 3.63) is 12.4 Å². The van der Waals surface area contributed by atoms with Crippen LogP contribution in [0.3, 0.4) is 0 Å². The van der Waals surface area contributed by atoms with E-state index in [9.17, 15) is 0 Å². The van der Waals surface area contributed by atoms with Crippen molar-refractivity contribution in [3.63, 3.8) is 0 Å². The third kappa shape index (κ3) is 4.04. The Morgan fingerprint density at radius 3 is 3.21 bits per heavy atom. The highest BCUT2D eigenvalue weighted by molar-refractivity contribution is 5.38. The molecule has 6 nitrogen and oxygen atoms in total. The van der Waals surface area contributed by atoms with Gasteiger partial charge in [-0.25, -0.2) is 0 Å². The summed E-state index contributed by atoms with van der Waals surface area (Å²) in [6, 6.07) is 0. The van der Waals surface area contributed by atoms with E-state index in [1.54, 1.807) is 12.4 Å². The van der Waals surface area contributed by atoms with E-state index < -0.39 is 0 Å². The maximum Gasteiger partial charge on any atom is 0.234 e. The second-order valence-electron chi connectivity index (χ2n) is 4.56. The monoisotopic (exact) mass is 266 g/mol. The van der Waals surface area contributed by atoms with Gasteiger partial charge in [0.05, 0.1) is 31.7 Å². The first-order valence-corrected chi connectivity index (χ1v) is 6.79. The second-order valence-corrected chi connectivity index (χ2v) is 4.56. The average molecular weight is 266 g/mol. The number of ether oxygens (including phenoxy) is 2. The van der Waals surface area contributed by atoms with E-state index in [1.165, 1.54) is 0 Å². The lowest BCUT2D eigenvalue weighted by Gasteiger charge is -2.33. The SMILES string of the molecule is CCCOc1cncc(N2CCOC(CNC)C2)n1. The molecule has 2 rings (SSSR count). The van der Waals surface area contributed by atoms with Crippen LogP contribution in [0.4, 0.5) is 5.82 Å². The zero-order chi connectivity index (χ0) is 13.5. The van der Waals surface area contributed by atoms with Crippen molar-refractivity contribution in [2.45, 2.75) is 19.4 Å². The normalized spacial score (nSPS) is 19.5. The van der Waals surface area contributed by atoms with Crippen LogP contribution in [0.5, 0.6) is 5.88 Å². The second kappa shape index (κ2) is 7.25. The van der Waals surface area contributed by atoms with Crippen LogP contribution in [0, 0.1) is 0 Å². The molecular weight excluding hydrogens is 244 g/mol. The Hall–Kier alpha value is -1.40. The van der Waals surface area contributed by atoms with Gasteiger partial charge in [0.1, 0.15) is 0 Å². The molecule has 1 saturated heterocycles. The molecule has 19 heavy (non-hydrogen) atoms. The molecule has 1 aromatic rings. The number of aromatic nitrogens is 2. The maximum atomic E-state index is 5.68. The molecule has 0 bridgehead atoms. The Kier molecular flexibility index (Phi) is 5.35. The number of nitrogens with zero attached hydrogens (tertiary/aromatic N) is 3. The lowest BCUT2D eigenvalue weighted by Crippen LogP contribution is -2.46. The van der Waals surface area contributed by atoms with Crippen molar-refractivity contribution in [3.8, 4) is 5.88 Å². The van der Waals surface area contributed by atoms with Gasteiger partial charge in [0.25, 0.3) is 0 Å². The number of hydrogen-bond acceptors (Lipinski definition) is 6. The van der Waals surface area contributed by atoms with Gasteiger partial charge < -0.3 is 19.7 Å². The van der Waals surface area contributed by atoms with Crippen LogP contribution in [-0.4, -0.2) is 56.0 Å². The molecular formula is C13H22N4O2. The average Bonchev–Trinajstić information content (AvgIpc) is 2.46. The number of anilines is 1. The minimum atomic E-state index is 0.195. The highest BCUT2D eigenvalue weighted by atomic mass is 16.5. The summed E-state index contributed by atoms with van der Waals surface area (Å²) >= 11 is 0. The van der Waals surface area contributed by atoms with E-state index >= 15 is 0 Å². The van der Waals surface area contributed by atoms with Crippen molar-refractivity contribution in [1.29, 1.82) is 0 Å². The third-order valence-electron chi connectivity index (χ3n) is 2.95. The van der Waals surface area contributed by atoms with Gasteiger partial charge in [-0.3, -0.25) is 4.98 Å². The first kappa shape index (κ1) is 14.0. The number of nitrogens with one attached hydrogen (secondary N) is 1. The molecule has 1 aliphatic rings. The molecule has 1 N–H and O–H groups in total. The van der Waals surface area contributed by atoms with Crippen LogP contribution in [0.15, 0.2) is 12.4 Å². The summed E-state index contributed by atoms with van der Waals surface area (Å²) in [6.07, 6.45) is 4.60. The molecule has 6 heteroatoms. The molecule has 1 unspecified atom stereocenters. The third-order valence-corrected chi connectivity index (χ3v) is 2.95. The van der Waals surface area contributed by atoms with Crippen molar-refractivity contribution in [1.82, 2.24) is 15.3 Å². The highest BCUT2D eigenvalue weighted by Crippen LogP contribution is 2.17. The van der Waals surface area contributed by atoms with Gasteiger partial charge in [0.2, 0.25) is 5.88 Å². The first-order valence-electron chi connectivity index (χ1n) is 6.79. The number of likely N-dealkylation sites (N-methyl/N-ethyl adjacent to an activating group) is 1. The predicted octanol–water partition coefficient (Wildman–Crippen LogP) is 0.690. The zero-order valence-corrected chi connectivity index (χ0v) is 11.6. The van der Waals surface area contributed by atoms with Crippen LogP contribution in [0.25, 0.3) is 0 Å². The smallest absolute Gasteiger partial charge is 0.234 e. The van der Waals surface area contributed by atoms with Gasteiger partial charge in [0.15, 0.2) is 5.82 Å². The summed E-state index contributed by atoms with van der Waals surface area (Å²) < 4.78 is 11.2. The van der Waals surface area contributed by atoms with Crippen molar-refractivity contribution in [2.75, 3.05) is 44.8 Å². The number of morpholine rings is 1. The minimum Gasteiger partial charge on any atom is -0.477 e. The first-order chi connectivity index (χ1) is 9.33. The van der Waals surface area contributed by atoms with E-state index in [2.05, 4.69) is 27.1 Å². The Bertz CT molecular complexity index is 387. The Morgan fingerprint density at radius 1 is 1.53 bits per heavy atom. The Morgan fingerprint density at radius 2 is 2.42 bits per heavy atom. The molecule has 0 radical (unpaired) electrons. The number of hydrogen-bond donors (Lipinski definition) is 1. The largest absolute Gasteiger partial charge is 0.477 e. The molecule has 0 aromatic carbocycles. The van der Waals surface area contributed by atoms with Crippen LogP contribution < -0.4 is 15.0 Å². The Labute approximate surface area is 114 Å². The fraction of sp³-hybridized carbons (Fsp3) is 0.692. The summed E-state index contributed by atoms with van der Waals surface area (Å²) in [7, 11) is 1.93. The standard InChI is InChI=1S/C13H22N4O2/c1-3-5-19-13-9-15-8-12(16-13)17-4-6-18-11(10-17)7-14-2/h8-9,11,14H,3-7,10H2,1-2H3.